The third-order valence-corrected chi connectivity index (χ3v) is 4.32. The Balaban J connectivity index is 1.91. The molecule has 3 rings (SSSR count). The molecule has 1 aliphatic heterocycles. The fourth-order valence-corrected chi connectivity index (χ4v) is 3.05. The van der Waals surface area contributed by atoms with Crippen molar-refractivity contribution in [2.24, 2.45) is 0 Å². The van der Waals surface area contributed by atoms with Crippen LogP contribution in [0.5, 0.6) is 0 Å². The van der Waals surface area contributed by atoms with Gasteiger partial charge in [-0.3, -0.25) is 0 Å². The van der Waals surface area contributed by atoms with Crippen LogP contribution in [0.15, 0.2) is 30.3 Å². The standard InChI is InChI=1S/C19H24N6/c1-3-5-16-11-18(25-9-8-21-13-14(25)2)24-19(22-16)23-17-7-4-6-15(10-17)12-20/h4,6-7,10-11,14,21H,3,5,8-9,13H2,1-2H3,(H,22,23,24)/t14-/m1/s1. The highest BCUT2D eigenvalue weighted by Gasteiger charge is 2.20. The average molecular weight is 336 g/mol. The summed E-state index contributed by atoms with van der Waals surface area (Å²) >= 11 is 0. The minimum absolute atomic E-state index is 0.396. The number of anilines is 3. The summed E-state index contributed by atoms with van der Waals surface area (Å²) in [6, 6.07) is 12.0. The molecule has 1 aliphatic rings. The second kappa shape index (κ2) is 7.95. The molecule has 0 saturated carbocycles. The van der Waals surface area contributed by atoms with Crippen molar-refractivity contribution in [3.8, 4) is 6.07 Å². The van der Waals surface area contributed by atoms with E-state index in [0.717, 1.165) is 49.7 Å². The van der Waals surface area contributed by atoms with Crippen LogP contribution in [-0.2, 0) is 6.42 Å². The number of rotatable bonds is 5. The molecule has 1 aromatic carbocycles. The van der Waals surface area contributed by atoms with E-state index in [2.05, 4.69) is 46.5 Å². The fourth-order valence-electron chi connectivity index (χ4n) is 3.05. The summed E-state index contributed by atoms with van der Waals surface area (Å²) in [5.74, 6) is 1.55. The number of aryl methyl sites for hydroxylation is 1. The third-order valence-electron chi connectivity index (χ3n) is 4.32. The van der Waals surface area contributed by atoms with Gasteiger partial charge in [0.1, 0.15) is 5.82 Å². The van der Waals surface area contributed by atoms with Crippen molar-refractivity contribution in [1.82, 2.24) is 15.3 Å². The Morgan fingerprint density at radius 2 is 2.24 bits per heavy atom. The summed E-state index contributed by atoms with van der Waals surface area (Å²) in [5, 5.41) is 15.7. The zero-order chi connectivity index (χ0) is 17.6. The second-order valence-corrected chi connectivity index (χ2v) is 6.36. The van der Waals surface area contributed by atoms with Crippen molar-refractivity contribution >= 4 is 17.5 Å². The van der Waals surface area contributed by atoms with E-state index in [4.69, 9.17) is 10.2 Å². The Labute approximate surface area is 148 Å². The van der Waals surface area contributed by atoms with E-state index >= 15 is 0 Å². The first-order chi connectivity index (χ1) is 12.2. The minimum atomic E-state index is 0.396. The molecule has 0 spiro atoms. The Morgan fingerprint density at radius 1 is 1.36 bits per heavy atom. The maximum atomic E-state index is 9.06. The van der Waals surface area contributed by atoms with Crippen LogP contribution in [0, 0.1) is 11.3 Å². The van der Waals surface area contributed by atoms with Crippen molar-refractivity contribution < 1.29 is 0 Å². The number of nitrogens with zero attached hydrogens (tertiary/aromatic N) is 4. The van der Waals surface area contributed by atoms with Gasteiger partial charge in [0.25, 0.3) is 0 Å². The van der Waals surface area contributed by atoms with Crippen molar-refractivity contribution in [2.75, 3.05) is 29.9 Å². The maximum absolute atomic E-state index is 9.06. The average Bonchev–Trinajstić information content (AvgIpc) is 2.62. The lowest BCUT2D eigenvalue weighted by atomic mass is 10.2. The van der Waals surface area contributed by atoms with E-state index in [0.29, 0.717) is 17.6 Å². The summed E-state index contributed by atoms with van der Waals surface area (Å²) in [4.78, 5) is 11.7. The van der Waals surface area contributed by atoms with Crippen LogP contribution in [0.2, 0.25) is 0 Å². The topological polar surface area (TPSA) is 76.9 Å². The number of nitriles is 1. The van der Waals surface area contributed by atoms with Crippen LogP contribution in [0.3, 0.4) is 0 Å². The van der Waals surface area contributed by atoms with E-state index in [9.17, 15) is 0 Å². The number of piperazine rings is 1. The molecule has 2 heterocycles. The molecule has 0 unspecified atom stereocenters. The number of aromatic nitrogens is 2. The first kappa shape index (κ1) is 17.2. The summed E-state index contributed by atoms with van der Waals surface area (Å²) in [5.41, 5.74) is 2.48. The van der Waals surface area contributed by atoms with Gasteiger partial charge in [-0.05, 0) is 31.5 Å². The predicted octanol–water partition coefficient (Wildman–Crippen LogP) is 2.84. The first-order valence-corrected chi connectivity index (χ1v) is 8.82. The lowest BCUT2D eigenvalue weighted by molar-refractivity contribution is 0.497. The zero-order valence-electron chi connectivity index (χ0n) is 14.8. The summed E-state index contributed by atoms with van der Waals surface area (Å²) in [7, 11) is 0. The van der Waals surface area contributed by atoms with E-state index < -0.39 is 0 Å². The molecule has 0 bridgehead atoms. The largest absolute Gasteiger partial charge is 0.351 e. The summed E-state index contributed by atoms with van der Waals surface area (Å²) in [6.45, 7) is 7.22. The molecular formula is C19H24N6. The molecule has 1 aromatic heterocycles. The molecule has 0 radical (unpaired) electrons. The van der Waals surface area contributed by atoms with Gasteiger partial charge >= 0.3 is 0 Å². The third kappa shape index (κ3) is 4.25. The van der Waals surface area contributed by atoms with E-state index in [-0.39, 0.29) is 0 Å². The number of nitrogens with one attached hydrogen (secondary N) is 2. The smallest absolute Gasteiger partial charge is 0.229 e. The monoisotopic (exact) mass is 336 g/mol. The highest BCUT2D eigenvalue weighted by atomic mass is 15.3. The van der Waals surface area contributed by atoms with Crippen molar-refractivity contribution in [3.63, 3.8) is 0 Å². The van der Waals surface area contributed by atoms with Crippen LogP contribution in [0.25, 0.3) is 0 Å². The van der Waals surface area contributed by atoms with Gasteiger partial charge in [0, 0.05) is 43.1 Å². The van der Waals surface area contributed by atoms with Gasteiger partial charge in [-0.1, -0.05) is 19.4 Å². The quantitative estimate of drug-likeness (QED) is 0.874. The molecule has 130 valence electrons. The van der Waals surface area contributed by atoms with Crippen molar-refractivity contribution in [1.29, 1.82) is 5.26 Å². The van der Waals surface area contributed by atoms with Crippen LogP contribution in [-0.4, -0.2) is 35.6 Å². The molecule has 1 saturated heterocycles. The number of hydrogen-bond donors (Lipinski definition) is 2. The minimum Gasteiger partial charge on any atom is -0.351 e. The van der Waals surface area contributed by atoms with E-state index in [1.54, 1.807) is 6.07 Å². The Bertz CT molecular complexity index is 767. The summed E-state index contributed by atoms with van der Waals surface area (Å²) in [6.07, 6.45) is 1.96. The molecule has 0 aliphatic carbocycles. The normalized spacial score (nSPS) is 17.2. The van der Waals surface area contributed by atoms with Crippen molar-refractivity contribution in [3.05, 3.63) is 41.6 Å². The van der Waals surface area contributed by atoms with E-state index in [1.807, 2.05) is 18.2 Å². The summed E-state index contributed by atoms with van der Waals surface area (Å²) < 4.78 is 0. The Morgan fingerprint density at radius 3 is 3.00 bits per heavy atom. The predicted molar refractivity (Wildman–Crippen MR) is 100 cm³/mol. The van der Waals surface area contributed by atoms with Gasteiger partial charge in [0.2, 0.25) is 5.95 Å². The SMILES string of the molecule is CCCc1cc(N2CCNC[C@H]2C)nc(Nc2cccc(C#N)c2)n1. The molecule has 6 heteroatoms. The Kier molecular flexibility index (Phi) is 5.46. The van der Waals surface area contributed by atoms with Crippen LogP contribution in [0.4, 0.5) is 17.5 Å². The van der Waals surface area contributed by atoms with Crippen molar-refractivity contribution in [2.45, 2.75) is 32.7 Å². The molecule has 0 amide bonds. The van der Waals surface area contributed by atoms with Crippen LogP contribution < -0.4 is 15.5 Å². The first-order valence-electron chi connectivity index (χ1n) is 8.82. The molecule has 2 N–H and O–H groups in total. The maximum Gasteiger partial charge on any atom is 0.229 e. The van der Waals surface area contributed by atoms with E-state index in [1.165, 1.54) is 0 Å². The molecule has 2 aromatic rings. The number of benzene rings is 1. The molecule has 1 atom stereocenters. The van der Waals surface area contributed by atoms with Gasteiger partial charge < -0.3 is 15.5 Å². The van der Waals surface area contributed by atoms with Crippen LogP contribution >= 0.6 is 0 Å². The lowest BCUT2D eigenvalue weighted by Gasteiger charge is -2.35. The van der Waals surface area contributed by atoms with Gasteiger partial charge in [-0.15, -0.1) is 0 Å². The molecule has 6 nitrogen and oxygen atoms in total. The lowest BCUT2D eigenvalue weighted by Crippen LogP contribution is -2.50. The van der Waals surface area contributed by atoms with Gasteiger partial charge in [-0.25, -0.2) is 4.98 Å². The molecular weight excluding hydrogens is 312 g/mol. The fraction of sp³-hybridized carbons (Fsp3) is 0.421. The highest BCUT2D eigenvalue weighted by molar-refractivity contribution is 5.58. The zero-order valence-corrected chi connectivity index (χ0v) is 14.8. The van der Waals surface area contributed by atoms with Gasteiger partial charge in [0.05, 0.1) is 11.6 Å². The number of hydrogen-bond acceptors (Lipinski definition) is 6. The molecule has 1 fully saturated rings. The van der Waals surface area contributed by atoms with Gasteiger partial charge in [-0.2, -0.15) is 10.2 Å². The Hall–Kier alpha value is -2.65. The second-order valence-electron chi connectivity index (χ2n) is 6.36. The van der Waals surface area contributed by atoms with Gasteiger partial charge in [0.15, 0.2) is 0 Å². The molecule has 25 heavy (non-hydrogen) atoms. The highest BCUT2D eigenvalue weighted by Crippen LogP contribution is 2.22. The van der Waals surface area contributed by atoms with Crippen LogP contribution in [0.1, 0.15) is 31.5 Å².